The maximum absolute atomic E-state index is 11.8. The van der Waals surface area contributed by atoms with E-state index in [1.165, 1.54) is 5.56 Å². The lowest BCUT2D eigenvalue weighted by Gasteiger charge is -2.38. The van der Waals surface area contributed by atoms with Gasteiger partial charge in [0.25, 0.3) is 0 Å². The lowest BCUT2D eigenvalue weighted by molar-refractivity contribution is 0.124. The Morgan fingerprint density at radius 3 is 2.64 bits per heavy atom. The van der Waals surface area contributed by atoms with Crippen molar-refractivity contribution < 1.29 is 9.53 Å². The third-order valence-electron chi connectivity index (χ3n) is 4.51. The molecule has 1 atom stereocenters. The molecule has 25 heavy (non-hydrogen) atoms. The Morgan fingerprint density at radius 1 is 1.16 bits per heavy atom. The van der Waals surface area contributed by atoms with E-state index in [1.807, 2.05) is 42.5 Å². The molecule has 0 spiro atoms. The topological polar surface area (TPSA) is 50.4 Å². The fourth-order valence-corrected chi connectivity index (χ4v) is 3.45. The quantitative estimate of drug-likeness (QED) is 0.744. The second-order valence-electron chi connectivity index (χ2n) is 6.51. The molecule has 4 nitrogen and oxygen atoms in total. The summed E-state index contributed by atoms with van der Waals surface area (Å²) in [6.07, 6.45) is 1.52. The SMILES string of the molecule is C[C@H](NC1CC(NC(=O)OCc2ccccc2)C1)c1cccc(Br)c1. The van der Waals surface area contributed by atoms with Gasteiger partial charge in [0.15, 0.2) is 0 Å². The average molecular weight is 403 g/mol. The van der Waals surface area contributed by atoms with Crippen molar-refractivity contribution >= 4 is 22.0 Å². The van der Waals surface area contributed by atoms with E-state index in [4.69, 9.17) is 4.74 Å². The summed E-state index contributed by atoms with van der Waals surface area (Å²) >= 11 is 3.51. The van der Waals surface area contributed by atoms with Gasteiger partial charge in [-0.15, -0.1) is 0 Å². The number of ether oxygens (including phenoxy) is 1. The molecule has 0 unspecified atom stereocenters. The normalized spacial score (nSPS) is 20.4. The minimum atomic E-state index is -0.340. The van der Waals surface area contributed by atoms with Gasteiger partial charge in [-0.05, 0) is 43.0 Å². The number of nitrogens with one attached hydrogen (secondary N) is 2. The van der Waals surface area contributed by atoms with Crippen LogP contribution in [0.2, 0.25) is 0 Å². The molecule has 5 heteroatoms. The molecule has 1 saturated carbocycles. The third kappa shape index (κ3) is 5.31. The maximum Gasteiger partial charge on any atom is 0.407 e. The number of carbonyl (C=O) groups excluding carboxylic acids is 1. The van der Waals surface area contributed by atoms with Gasteiger partial charge < -0.3 is 15.4 Å². The summed E-state index contributed by atoms with van der Waals surface area (Å²) in [5.74, 6) is 0. The summed E-state index contributed by atoms with van der Waals surface area (Å²) in [6.45, 7) is 2.47. The first-order valence-corrected chi connectivity index (χ1v) is 9.38. The number of hydrogen-bond donors (Lipinski definition) is 2. The van der Waals surface area contributed by atoms with Crippen LogP contribution in [0.25, 0.3) is 0 Å². The first-order chi connectivity index (χ1) is 12.1. The second-order valence-corrected chi connectivity index (χ2v) is 7.43. The zero-order valence-electron chi connectivity index (χ0n) is 14.2. The first-order valence-electron chi connectivity index (χ1n) is 8.59. The lowest BCUT2D eigenvalue weighted by atomic mass is 9.86. The van der Waals surface area contributed by atoms with E-state index in [0.717, 1.165) is 22.9 Å². The highest BCUT2D eigenvalue weighted by Crippen LogP contribution is 2.25. The molecular weight excluding hydrogens is 380 g/mol. The predicted molar refractivity (Wildman–Crippen MR) is 102 cm³/mol. The first kappa shape index (κ1) is 18.0. The molecule has 1 aliphatic rings. The van der Waals surface area contributed by atoms with Gasteiger partial charge in [0.2, 0.25) is 0 Å². The van der Waals surface area contributed by atoms with Crippen LogP contribution in [-0.4, -0.2) is 18.2 Å². The molecule has 132 valence electrons. The van der Waals surface area contributed by atoms with E-state index >= 15 is 0 Å². The number of amides is 1. The van der Waals surface area contributed by atoms with Crippen molar-refractivity contribution in [3.05, 3.63) is 70.2 Å². The van der Waals surface area contributed by atoms with Crippen LogP contribution < -0.4 is 10.6 Å². The van der Waals surface area contributed by atoms with Crippen molar-refractivity contribution in [3.8, 4) is 0 Å². The molecule has 2 N–H and O–H groups in total. The van der Waals surface area contributed by atoms with Gasteiger partial charge in [-0.3, -0.25) is 0 Å². The molecule has 1 aliphatic carbocycles. The van der Waals surface area contributed by atoms with Crippen molar-refractivity contribution in [1.82, 2.24) is 10.6 Å². The Bertz CT molecular complexity index is 702. The van der Waals surface area contributed by atoms with Crippen LogP contribution in [0.15, 0.2) is 59.1 Å². The summed E-state index contributed by atoms with van der Waals surface area (Å²) in [7, 11) is 0. The van der Waals surface area contributed by atoms with Crippen LogP contribution in [0, 0.1) is 0 Å². The summed E-state index contributed by atoms with van der Waals surface area (Å²) in [4.78, 5) is 11.8. The van der Waals surface area contributed by atoms with Gasteiger partial charge in [-0.2, -0.15) is 0 Å². The summed E-state index contributed by atoms with van der Waals surface area (Å²) in [6, 6.07) is 18.9. The van der Waals surface area contributed by atoms with Crippen molar-refractivity contribution in [2.24, 2.45) is 0 Å². The molecular formula is C20H23BrN2O2. The molecule has 2 aromatic carbocycles. The highest BCUT2D eigenvalue weighted by molar-refractivity contribution is 9.10. The fourth-order valence-electron chi connectivity index (χ4n) is 3.03. The third-order valence-corrected chi connectivity index (χ3v) is 5.00. The molecule has 0 heterocycles. The summed E-state index contributed by atoms with van der Waals surface area (Å²) in [5, 5.41) is 6.54. The van der Waals surface area contributed by atoms with Crippen molar-refractivity contribution in [1.29, 1.82) is 0 Å². The predicted octanol–water partition coefficient (Wildman–Crippen LogP) is 4.56. The van der Waals surface area contributed by atoms with Crippen LogP contribution >= 0.6 is 15.9 Å². The smallest absolute Gasteiger partial charge is 0.407 e. The summed E-state index contributed by atoms with van der Waals surface area (Å²) < 4.78 is 6.35. The van der Waals surface area contributed by atoms with E-state index in [-0.39, 0.29) is 18.2 Å². The minimum absolute atomic E-state index is 0.190. The van der Waals surface area contributed by atoms with E-state index < -0.39 is 0 Å². The molecule has 1 amide bonds. The molecule has 0 saturated heterocycles. The minimum Gasteiger partial charge on any atom is -0.445 e. The largest absolute Gasteiger partial charge is 0.445 e. The highest BCUT2D eigenvalue weighted by Gasteiger charge is 2.31. The number of rotatable bonds is 6. The Balaban J connectivity index is 1.35. The molecule has 0 aromatic heterocycles. The molecule has 0 aliphatic heterocycles. The molecule has 3 rings (SSSR count). The monoisotopic (exact) mass is 402 g/mol. The van der Waals surface area contributed by atoms with Crippen LogP contribution in [-0.2, 0) is 11.3 Å². The zero-order chi connectivity index (χ0) is 17.6. The molecule has 0 radical (unpaired) electrons. The Labute approximate surface area is 157 Å². The maximum atomic E-state index is 11.8. The zero-order valence-corrected chi connectivity index (χ0v) is 15.8. The lowest BCUT2D eigenvalue weighted by Crippen LogP contribution is -2.52. The van der Waals surface area contributed by atoms with Crippen LogP contribution in [0.4, 0.5) is 4.79 Å². The van der Waals surface area contributed by atoms with E-state index in [1.54, 1.807) is 0 Å². The average Bonchev–Trinajstić information content (AvgIpc) is 2.59. The number of halogens is 1. The second kappa shape index (κ2) is 8.50. The Hall–Kier alpha value is -1.85. The summed E-state index contributed by atoms with van der Waals surface area (Å²) in [5.41, 5.74) is 2.25. The Kier molecular flexibility index (Phi) is 6.10. The molecule has 2 aromatic rings. The van der Waals surface area contributed by atoms with Crippen LogP contribution in [0.3, 0.4) is 0 Å². The highest BCUT2D eigenvalue weighted by atomic mass is 79.9. The van der Waals surface area contributed by atoms with E-state index in [9.17, 15) is 4.79 Å². The molecule has 1 fully saturated rings. The van der Waals surface area contributed by atoms with E-state index in [2.05, 4.69) is 45.6 Å². The number of benzene rings is 2. The van der Waals surface area contributed by atoms with Crippen molar-refractivity contribution in [2.45, 2.75) is 44.5 Å². The number of alkyl carbamates (subject to hydrolysis) is 1. The van der Waals surface area contributed by atoms with Crippen molar-refractivity contribution in [2.75, 3.05) is 0 Å². The van der Waals surface area contributed by atoms with Crippen LogP contribution in [0.5, 0.6) is 0 Å². The Morgan fingerprint density at radius 2 is 1.92 bits per heavy atom. The number of carbonyl (C=O) groups is 1. The molecule has 0 bridgehead atoms. The van der Waals surface area contributed by atoms with Gasteiger partial charge >= 0.3 is 6.09 Å². The van der Waals surface area contributed by atoms with Crippen molar-refractivity contribution in [3.63, 3.8) is 0 Å². The van der Waals surface area contributed by atoms with Gasteiger partial charge in [-0.25, -0.2) is 4.79 Å². The van der Waals surface area contributed by atoms with Gasteiger partial charge in [0.05, 0.1) is 0 Å². The standard InChI is InChI=1S/C20H23BrN2O2/c1-14(16-8-5-9-17(21)10-16)22-18-11-19(12-18)23-20(24)25-13-15-6-3-2-4-7-15/h2-10,14,18-19,22H,11-13H2,1H3,(H,23,24)/t14-,18?,19?/m0/s1. The van der Waals surface area contributed by atoms with E-state index in [0.29, 0.717) is 12.6 Å². The van der Waals surface area contributed by atoms with Gasteiger partial charge in [0.1, 0.15) is 6.61 Å². The van der Waals surface area contributed by atoms with Gasteiger partial charge in [0, 0.05) is 22.6 Å². The number of hydrogen-bond acceptors (Lipinski definition) is 3. The van der Waals surface area contributed by atoms with Gasteiger partial charge in [-0.1, -0.05) is 58.4 Å². The fraction of sp³-hybridized carbons (Fsp3) is 0.350. The van der Waals surface area contributed by atoms with Crippen LogP contribution in [0.1, 0.15) is 36.9 Å².